The lowest BCUT2D eigenvalue weighted by Gasteiger charge is -2.16. The fourth-order valence-electron chi connectivity index (χ4n) is 3.81. The summed E-state index contributed by atoms with van der Waals surface area (Å²) in [5.41, 5.74) is 13.2. The number of hydrogen-bond acceptors (Lipinski definition) is 12. The Morgan fingerprint density at radius 2 is 1.17 bits per heavy atom. The molecule has 0 aliphatic rings. The largest absolute Gasteiger partial charge is 0.493 e. The van der Waals surface area contributed by atoms with E-state index in [-0.39, 0.29) is 5.95 Å². The number of unbranched alkanes of at least 4 members (excludes halogenated alkanes) is 3. The molecule has 0 aliphatic carbocycles. The Bertz CT molecular complexity index is 964. The second kappa shape index (κ2) is 22.9. The van der Waals surface area contributed by atoms with Crippen LogP contribution in [0.25, 0.3) is 0 Å². The predicted octanol–water partition coefficient (Wildman–Crippen LogP) is 3.51. The fourth-order valence-corrected chi connectivity index (χ4v) is 3.99. The molecule has 0 spiro atoms. The lowest BCUT2D eigenvalue weighted by Crippen LogP contribution is -2.14. The topological polar surface area (TPSA) is 152 Å². The first-order chi connectivity index (χ1) is 20.6. The maximum absolute atomic E-state index is 5.97. The highest BCUT2D eigenvalue weighted by Gasteiger charge is 2.15. The number of hydrogen-bond donors (Lipinski definition) is 2. The highest BCUT2D eigenvalue weighted by atomic mass is 35.5. The van der Waals surface area contributed by atoms with Gasteiger partial charge in [-0.2, -0.15) is 4.98 Å². The van der Waals surface area contributed by atoms with Gasteiger partial charge in [0.25, 0.3) is 0 Å². The zero-order valence-electron chi connectivity index (χ0n) is 24.9. The van der Waals surface area contributed by atoms with Gasteiger partial charge in [0.2, 0.25) is 11.7 Å². The normalized spacial score (nSPS) is 11.1. The molecule has 4 N–H and O–H groups in total. The van der Waals surface area contributed by atoms with E-state index in [1.54, 1.807) is 20.4 Å². The van der Waals surface area contributed by atoms with Gasteiger partial charge in [0.15, 0.2) is 11.5 Å². The minimum Gasteiger partial charge on any atom is -0.493 e. The molecule has 1 heterocycles. The summed E-state index contributed by atoms with van der Waals surface area (Å²) in [4.78, 5) is 8.02. The van der Waals surface area contributed by atoms with Crippen LogP contribution in [0.5, 0.6) is 17.2 Å². The van der Waals surface area contributed by atoms with Crippen molar-refractivity contribution < 1.29 is 37.9 Å². The van der Waals surface area contributed by atoms with Crippen LogP contribution in [0.1, 0.15) is 36.8 Å². The number of benzene rings is 1. The second-order valence-corrected chi connectivity index (χ2v) is 9.54. The number of aromatic nitrogens is 2. The molecule has 0 fully saturated rings. The van der Waals surface area contributed by atoms with Gasteiger partial charge in [-0.15, -0.1) is 11.6 Å². The van der Waals surface area contributed by atoms with Crippen molar-refractivity contribution in [1.82, 2.24) is 9.97 Å². The Balaban J connectivity index is 1.49. The maximum atomic E-state index is 5.97. The van der Waals surface area contributed by atoms with E-state index in [9.17, 15) is 0 Å². The van der Waals surface area contributed by atoms with Crippen LogP contribution >= 0.6 is 11.6 Å². The van der Waals surface area contributed by atoms with Gasteiger partial charge in [-0.25, -0.2) is 4.98 Å². The third-order valence-electron chi connectivity index (χ3n) is 5.97. The molecule has 0 bridgehead atoms. The van der Waals surface area contributed by atoms with Gasteiger partial charge >= 0.3 is 0 Å². The molecule has 2 aromatic rings. The average Bonchev–Trinajstić information content (AvgIpc) is 2.99. The van der Waals surface area contributed by atoms with Crippen LogP contribution in [0.4, 0.5) is 11.8 Å². The number of ether oxygens (including phenoxy) is 8. The van der Waals surface area contributed by atoms with E-state index in [2.05, 4.69) is 9.97 Å². The minimum absolute atomic E-state index is 0.132. The number of anilines is 2. The highest BCUT2D eigenvalue weighted by molar-refractivity contribution is 6.17. The molecule has 0 atom stereocenters. The molecule has 1 aromatic heterocycles. The van der Waals surface area contributed by atoms with Crippen molar-refractivity contribution >= 4 is 23.4 Å². The molecule has 42 heavy (non-hydrogen) atoms. The average molecular weight is 615 g/mol. The minimum atomic E-state index is 0.132. The van der Waals surface area contributed by atoms with Crippen molar-refractivity contribution in [2.75, 3.05) is 104 Å². The standard InChI is InChI=1S/C29H47ClN4O8/c1-35-25-20-23(19-24-22-33-29(32)34-28(24)31)21-26(36-2)27(25)42-18-17-41-16-15-40-14-13-39-12-11-38-10-9-37-8-6-4-3-5-7-30/h20-22H,3-19H2,1-2H3,(H4,31,32,33,34). The quantitative estimate of drug-likeness (QED) is 0.118. The lowest BCUT2D eigenvalue weighted by molar-refractivity contribution is -0.0129. The summed E-state index contributed by atoms with van der Waals surface area (Å²) in [6.45, 7) is 5.58. The lowest BCUT2D eigenvalue weighted by atomic mass is 10.1. The van der Waals surface area contributed by atoms with E-state index in [0.717, 1.165) is 49.3 Å². The number of nitrogens with zero attached hydrogens (tertiary/aromatic N) is 2. The van der Waals surface area contributed by atoms with Gasteiger partial charge in [-0.3, -0.25) is 0 Å². The van der Waals surface area contributed by atoms with Crippen molar-refractivity contribution in [3.63, 3.8) is 0 Å². The monoisotopic (exact) mass is 614 g/mol. The van der Waals surface area contributed by atoms with Crippen molar-refractivity contribution in [1.29, 1.82) is 0 Å². The number of methoxy groups -OCH3 is 2. The summed E-state index contributed by atoms with van der Waals surface area (Å²) >= 11 is 5.66. The van der Waals surface area contributed by atoms with E-state index in [1.807, 2.05) is 12.1 Å². The predicted molar refractivity (Wildman–Crippen MR) is 162 cm³/mol. The van der Waals surface area contributed by atoms with Crippen LogP contribution in [0.15, 0.2) is 18.3 Å². The number of alkyl halides is 1. The Morgan fingerprint density at radius 1 is 0.667 bits per heavy atom. The first-order valence-electron chi connectivity index (χ1n) is 14.3. The molecule has 1 aromatic carbocycles. The zero-order chi connectivity index (χ0) is 30.3. The van der Waals surface area contributed by atoms with Crippen LogP contribution in [0.2, 0.25) is 0 Å². The number of rotatable bonds is 26. The summed E-state index contributed by atoms with van der Waals surface area (Å²) in [5.74, 6) is 2.76. The van der Waals surface area contributed by atoms with Crippen molar-refractivity contribution in [2.24, 2.45) is 0 Å². The summed E-state index contributed by atoms with van der Waals surface area (Å²) in [6, 6.07) is 3.72. The van der Waals surface area contributed by atoms with Gasteiger partial charge in [-0.1, -0.05) is 12.8 Å². The number of halogens is 1. The molecule has 13 heteroatoms. The number of nitrogen functional groups attached to an aromatic ring is 2. The molecule has 2 rings (SSSR count). The van der Waals surface area contributed by atoms with E-state index in [4.69, 9.17) is 61.0 Å². The Kier molecular flexibility index (Phi) is 19.4. The Hall–Kier alpha value is -2.61. The van der Waals surface area contributed by atoms with Crippen molar-refractivity contribution in [3.05, 3.63) is 29.5 Å². The molecular weight excluding hydrogens is 568 g/mol. The summed E-state index contributed by atoms with van der Waals surface area (Å²) < 4.78 is 44.6. The molecule has 0 radical (unpaired) electrons. The highest BCUT2D eigenvalue weighted by Crippen LogP contribution is 2.39. The SMILES string of the molecule is COc1cc(Cc2cnc(N)nc2N)cc(OC)c1OCCOCCOCCOCCOCCOCCCCCCCl. The van der Waals surface area contributed by atoms with E-state index in [0.29, 0.717) is 95.6 Å². The summed E-state index contributed by atoms with van der Waals surface area (Å²) in [7, 11) is 3.14. The molecule has 12 nitrogen and oxygen atoms in total. The van der Waals surface area contributed by atoms with Gasteiger partial charge < -0.3 is 49.4 Å². The third kappa shape index (κ3) is 15.0. The molecule has 0 unspecified atom stereocenters. The summed E-state index contributed by atoms with van der Waals surface area (Å²) in [5, 5.41) is 0. The molecular formula is C29H47ClN4O8. The smallest absolute Gasteiger partial charge is 0.221 e. The third-order valence-corrected chi connectivity index (χ3v) is 6.23. The van der Waals surface area contributed by atoms with Crippen LogP contribution in [0.3, 0.4) is 0 Å². The van der Waals surface area contributed by atoms with Crippen LogP contribution in [0, 0.1) is 0 Å². The first-order valence-corrected chi connectivity index (χ1v) is 14.8. The van der Waals surface area contributed by atoms with Crippen LogP contribution < -0.4 is 25.7 Å². The van der Waals surface area contributed by atoms with Gasteiger partial charge in [0.1, 0.15) is 12.4 Å². The molecule has 238 valence electrons. The van der Waals surface area contributed by atoms with Crippen LogP contribution in [-0.4, -0.2) is 103 Å². The van der Waals surface area contributed by atoms with Gasteiger partial charge in [0.05, 0.1) is 73.7 Å². The van der Waals surface area contributed by atoms with Crippen LogP contribution in [-0.2, 0) is 30.1 Å². The fraction of sp³-hybridized carbons (Fsp3) is 0.655. The van der Waals surface area contributed by atoms with Crippen molar-refractivity contribution in [2.45, 2.75) is 32.1 Å². The zero-order valence-corrected chi connectivity index (χ0v) is 25.7. The summed E-state index contributed by atoms with van der Waals surface area (Å²) in [6.07, 6.45) is 6.55. The molecule has 0 saturated carbocycles. The van der Waals surface area contributed by atoms with E-state index in [1.165, 1.54) is 0 Å². The first kappa shape index (κ1) is 35.6. The Labute approximate surface area is 254 Å². The molecule has 0 amide bonds. The van der Waals surface area contributed by atoms with Gasteiger partial charge in [0, 0.05) is 30.7 Å². The maximum Gasteiger partial charge on any atom is 0.221 e. The Morgan fingerprint density at radius 3 is 1.67 bits per heavy atom. The molecule has 0 aliphatic heterocycles. The second-order valence-electron chi connectivity index (χ2n) is 9.16. The number of nitrogens with two attached hydrogens (primary N) is 2. The van der Waals surface area contributed by atoms with E-state index >= 15 is 0 Å². The van der Waals surface area contributed by atoms with E-state index < -0.39 is 0 Å². The van der Waals surface area contributed by atoms with Gasteiger partial charge in [-0.05, 0) is 30.5 Å². The van der Waals surface area contributed by atoms with Crippen molar-refractivity contribution in [3.8, 4) is 17.2 Å². The molecule has 0 saturated heterocycles.